The Bertz CT molecular complexity index is 1550. The van der Waals surface area contributed by atoms with Gasteiger partial charge in [-0.2, -0.15) is 4.31 Å². The lowest BCUT2D eigenvalue weighted by Crippen LogP contribution is -2.50. The molecule has 0 spiro atoms. The van der Waals surface area contributed by atoms with Gasteiger partial charge in [0.05, 0.1) is 11.0 Å². The van der Waals surface area contributed by atoms with Crippen molar-refractivity contribution in [2.45, 2.75) is 51.2 Å². The van der Waals surface area contributed by atoms with Crippen molar-refractivity contribution in [3.63, 3.8) is 0 Å². The topological polar surface area (TPSA) is 130 Å². The number of allylic oxidation sites excluding steroid dienone is 1. The maximum absolute atomic E-state index is 14.0. The van der Waals surface area contributed by atoms with Crippen LogP contribution in [-0.2, 0) is 21.2 Å². The van der Waals surface area contributed by atoms with Crippen LogP contribution in [0, 0.1) is 25.7 Å². The van der Waals surface area contributed by atoms with Crippen LogP contribution in [-0.4, -0.2) is 73.8 Å². The average molecular weight is 636 g/mol. The van der Waals surface area contributed by atoms with Crippen LogP contribution < -0.4 is 10.5 Å². The minimum atomic E-state index is -4.11. The summed E-state index contributed by atoms with van der Waals surface area (Å²) in [6.07, 6.45) is 0.677. The number of primary amides is 1. The van der Waals surface area contributed by atoms with Crippen LogP contribution in [0.1, 0.15) is 40.9 Å². The zero-order valence-corrected chi connectivity index (χ0v) is 27.7. The molecule has 0 aliphatic heterocycles. The van der Waals surface area contributed by atoms with Crippen LogP contribution in [0.2, 0.25) is 0 Å². The van der Waals surface area contributed by atoms with E-state index in [0.717, 1.165) is 16.7 Å². The average Bonchev–Trinajstić information content (AvgIpc) is 2.98. The summed E-state index contributed by atoms with van der Waals surface area (Å²) in [6.45, 7) is 7.29. The summed E-state index contributed by atoms with van der Waals surface area (Å²) < 4.78 is 35.4. The van der Waals surface area contributed by atoms with Gasteiger partial charge in [0.1, 0.15) is 5.75 Å². The summed E-state index contributed by atoms with van der Waals surface area (Å²) in [5.41, 5.74) is 8.69. The van der Waals surface area contributed by atoms with E-state index >= 15 is 0 Å². The van der Waals surface area contributed by atoms with E-state index in [0.29, 0.717) is 11.3 Å². The fourth-order valence-corrected chi connectivity index (χ4v) is 6.70. The number of amides is 1. The number of benzene rings is 3. The van der Waals surface area contributed by atoms with Gasteiger partial charge in [0, 0.05) is 50.9 Å². The molecule has 0 heterocycles. The van der Waals surface area contributed by atoms with Gasteiger partial charge in [0.2, 0.25) is 10.0 Å². The van der Waals surface area contributed by atoms with Crippen molar-refractivity contribution >= 4 is 21.7 Å². The molecule has 10 heteroatoms. The molecule has 0 fully saturated rings. The molecule has 3 atom stereocenters. The molecule has 0 saturated carbocycles. The van der Waals surface area contributed by atoms with E-state index in [1.54, 1.807) is 25.2 Å². The Morgan fingerprint density at radius 2 is 1.51 bits per heavy atom. The van der Waals surface area contributed by atoms with Crippen molar-refractivity contribution < 1.29 is 27.9 Å². The first-order valence-electron chi connectivity index (χ1n) is 14.9. The molecule has 3 aromatic rings. The van der Waals surface area contributed by atoms with Gasteiger partial charge in [-0.05, 0) is 67.1 Å². The van der Waals surface area contributed by atoms with E-state index in [1.165, 1.54) is 34.6 Å². The molecule has 242 valence electrons. The molecule has 0 bridgehead atoms. The molecule has 3 aromatic carbocycles. The van der Waals surface area contributed by atoms with Crippen LogP contribution in [0.25, 0.3) is 0 Å². The summed E-state index contributed by atoms with van der Waals surface area (Å²) in [5.74, 6) is -1.48. The normalized spacial score (nSPS) is 14.0. The number of nitrogens with zero attached hydrogens (tertiary/aromatic N) is 2. The van der Waals surface area contributed by atoms with Gasteiger partial charge in [-0.15, -0.1) is 0 Å². The van der Waals surface area contributed by atoms with Gasteiger partial charge in [-0.25, -0.2) is 8.42 Å². The monoisotopic (exact) mass is 635 g/mol. The number of rotatable bonds is 16. The van der Waals surface area contributed by atoms with Crippen molar-refractivity contribution in [2.75, 3.05) is 27.2 Å². The predicted molar refractivity (Wildman–Crippen MR) is 176 cm³/mol. The van der Waals surface area contributed by atoms with Gasteiger partial charge in [0.15, 0.2) is 11.9 Å². The van der Waals surface area contributed by atoms with Gasteiger partial charge in [0.25, 0.3) is 5.91 Å². The number of aliphatic hydroxyl groups excluding tert-OH is 1. The Morgan fingerprint density at radius 3 is 2.04 bits per heavy atom. The van der Waals surface area contributed by atoms with Crippen LogP contribution in [0.5, 0.6) is 5.75 Å². The summed E-state index contributed by atoms with van der Waals surface area (Å²) in [4.78, 5) is 27.1. The lowest BCUT2D eigenvalue weighted by atomic mass is 9.88. The van der Waals surface area contributed by atoms with Gasteiger partial charge < -0.3 is 20.5 Å². The number of sulfonamides is 1. The molecule has 0 radical (unpaired) electrons. The van der Waals surface area contributed by atoms with Crippen molar-refractivity contribution in [1.29, 1.82) is 0 Å². The summed E-state index contributed by atoms with van der Waals surface area (Å²) in [6, 6.07) is 20.6. The van der Waals surface area contributed by atoms with Crippen LogP contribution in [0.15, 0.2) is 90.0 Å². The Balaban J connectivity index is 1.98. The van der Waals surface area contributed by atoms with Crippen LogP contribution in [0.4, 0.5) is 0 Å². The number of hydrogen-bond donors (Lipinski definition) is 2. The minimum absolute atomic E-state index is 0.0127. The standard InChI is InChI=1S/C35H45N3O6S/c1-24(2)22-38(45(42,43)29-17-15-28(16-18-29)31(39)19-20-37(5)6)23-32(40)30(21-27-13-8-7-9-14-27)34(35(36)41)44-33-25(3)11-10-12-26(33)4/h7-20,24,30,32,34,40H,21-23H2,1-6H3,(H2,36,41)/t30-,32-,34?/m0/s1. The molecule has 1 amide bonds. The van der Waals surface area contributed by atoms with E-state index in [9.17, 15) is 23.1 Å². The zero-order valence-electron chi connectivity index (χ0n) is 26.9. The highest BCUT2D eigenvalue weighted by molar-refractivity contribution is 7.89. The van der Waals surface area contributed by atoms with E-state index < -0.39 is 34.1 Å². The molecule has 0 aliphatic rings. The number of ketones is 1. The van der Waals surface area contributed by atoms with Crippen molar-refractivity contribution in [2.24, 2.45) is 17.6 Å². The SMILES string of the molecule is Cc1cccc(C)c1OC(C(N)=O)[C@@H](Cc1ccccc1)[C@@H](O)CN(CC(C)C)S(=O)(=O)c1ccc(C(=O)C=CN(C)C)cc1. The molecule has 0 saturated heterocycles. The molecule has 3 N–H and O–H groups in total. The molecule has 9 nitrogen and oxygen atoms in total. The smallest absolute Gasteiger partial charge is 0.258 e. The third-order valence-electron chi connectivity index (χ3n) is 7.39. The van der Waals surface area contributed by atoms with E-state index in [4.69, 9.17) is 10.5 Å². The highest BCUT2D eigenvalue weighted by Gasteiger charge is 2.38. The Morgan fingerprint density at radius 1 is 0.911 bits per heavy atom. The number of hydrogen-bond acceptors (Lipinski definition) is 7. The van der Waals surface area contributed by atoms with Gasteiger partial charge in [-0.3, -0.25) is 9.59 Å². The van der Waals surface area contributed by atoms with Crippen molar-refractivity contribution in [3.05, 3.63) is 107 Å². The number of carbonyl (C=O) groups is 2. The highest BCUT2D eigenvalue weighted by atomic mass is 32.2. The quantitative estimate of drug-likeness (QED) is 0.177. The number of aryl methyl sites for hydroxylation is 2. The molecule has 1 unspecified atom stereocenters. The Labute approximate surface area is 267 Å². The molecular formula is C35H45N3O6S. The van der Waals surface area contributed by atoms with Crippen molar-refractivity contribution in [1.82, 2.24) is 9.21 Å². The summed E-state index contributed by atoms with van der Waals surface area (Å²) >= 11 is 0. The van der Waals surface area contributed by atoms with Gasteiger partial charge in [-0.1, -0.05) is 62.4 Å². The van der Waals surface area contributed by atoms with E-state index in [2.05, 4.69) is 0 Å². The minimum Gasteiger partial charge on any atom is -0.480 e. The maximum atomic E-state index is 14.0. The fraction of sp³-hybridized carbons (Fsp3) is 0.371. The molecular weight excluding hydrogens is 590 g/mol. The summed E-state index contributed by atoms with van der Waals surface area (Å²) in [7, 11) is -0.516. The first-order chi connectivity index (χ1) is 21.2. The highest BCUT2D eigenvalue weighted by Crippen LogP contribution is 2.29. The fourth-order valence-electron chi connectivity index (χ4n) is 5.07. The lowest BCUT2D eigenvalue weighted by molar-refractivity contribution is -0.129. The second-order valence-corrected chi connectivity index (χ2v) is 13.9. The first-order valence-corrected chi connectivity index (χ1v) is 16.4. The van der Waals surface area contributed by atoms with E-state index in [-0.39, 0.29) is 36.1 Å². The Kier molecular flexibility index (Phi) is 12.5. The zero-order chi connectivity index (χ0) is 33.3. The largest absolute Gasteiger partial charge is 0.480 e. The molecule has 3 rings (SSSR count). The second-order valence-electron chi connectivity index (χ2n) is 12.0. The molecule has 0 aliphatic carbocycles. The number of nitrogens with two attached hydrogens (primary N) is 1. The number of carbonyl (C=O) groups excluding carboxylic acids is 2. The number of para-hydroxylation sites is 1. The third kappa shape index (κ3) is 9.75. The Hall–Kier alpha value is -3.99. The molecule has 0 aromatic heterocycles. The predicted octanol–water partition coefficient (Wildman–Crippen LogP) is 4.36. The van der Waals surface area contributed by atoms with Gasteiger partial charge >= 0.3 is 0 Å². The maximum Gasteiger partial charge on any atom is 0.258 e. The number of ether oxygens (including phenoxy) is 1. The van der Waals surface area contributed by atoms with Crippen molar-refractivity contribution in [3.8, 4) is 5.75 Å². The van der Waals surface area contributed by atoms with E-state index in [1.807, 2.05) is 76.2 Å². The van der Waals surface area contributed by atoms with Crippen LogP contribution in [0.3, 0.4) is 0 Å². The summed E-state index contributed by atoms with van der Waals surface area (Å²) in [5, 5.41) is 11.8. The third-order valence-corrected chi connectivity index (χ3v) is 9.24. The number of aliphatic hydroxyl groups is 1. The first kappa shape index (κ1) is 35.5. The second kappa shape index (κ2) is 15.8. The molecule has 45 heavy (non-hydrogen) atoms. The van der Waals surface area contributed by atoms with Crippen LogP contribution >= 0.6 is 0 Å². The lowest BCUT2D eigenvalue weighted by Gasteiger charge is -2.34.